The molecule has 0 N–H and O–H groups in total. The summed E-state index contributed by atoms with van der Waals surface area (Å²) in [5.74, 6) is 0.470. The van der Waals surface area contributed by atoms with Crippen molar-refractivity contribution in [1.29, 1.82) is 0 Å². The Balaban J connectivity index is 1.95. The lowest BCUT2D eigenvalue weighted by Crippen LogP contribution is -2.32. The van der Waals surface area contributed by atoms with Crippen molar-refractivity contribution in [3.63, 3.8) is 0 Å². The van der Waals surface area contributed by atoms with E-state index in [9.17, 15) is 13.2 Å². The minimum absolute atomic E-state index is 0.158. The monoisotopic (exact) mass is 550 g/mol. The van der Waals surface area contributed by atoms with Gasteiger partial charge in [0.25, 0.3) is 0 Å². The summed E-state index contributed by atoms with van der Waals surface area (Å²) in [5, 5.41) is 5.82. The molecule has 5 nitrogen and oxygen atoms in total. The zero-order chi connectivity index (χ0) is 27.8. The highest BCUT2D eigenvalue weighted by atomic mass is 31.2. The van der Waals surface area contributed by atoms with Gasteiger partial charge in [0.1, 0.15) is 11.0 Å². The van der Waals surface area contributed by atoms with E-state index in [0.717, 1.165) is 28.8 Å². The summed E-state index contributed by atoms with van der Waals surface area (Å²) in [7, 11) is -3.36. The van der Waals surface area contributed by atoms with Crippen LogP contribution in [0.4, 0.5) is 18.9 Å². The molecule has 0 aliphatic carbocycles. The first kappa shape index (κ1) is 26.9. The van der Waals surface area contributed by atoms with Crippen LogP contribution in [0.25, 0.3) is 21.8 Å². The van der Waals surface area contributed by atoms with E-state index in [-0.39, 0.29) is 5.69 Å². The van der Waals surface area contributed by atoms with Crippen LogP contribution in [0, 0.1) is 0 Å². The lowest BCUT2D eigenvalue weighted by molar-refractivity contribution is -0.137. The molecule has 0 saturated heterocycles. The number of alkyl halides is 3. The standard InChI is InChI=1S/C30H30F3N4OP/c1-5-20-37-28(22-14-6-8-16-24(22)35-37)39(29(2,3)4,36-25-17-9-7-15-23(25)30(31,32)33)38-26-18-10-12-21-13-11-19-34-27(21)26/h6-19H,5,20H2,1-4H3. The van der Waals surface area contributed by atoms with E-state index in [2.05, 4.69) is 4.98 Å². The second kappa shape index (κ2) is 10.2. The highest BCUT2D eigenvalue weighted by molar-refractivity contribution is 7.71. The maximum atomic E-state index is 14.2. The summed E-state index contributed by atoms with van der Waals surface area (Å²) in [6, 6.07) is 22.5. The minimum Gasteiger partial charge on any atom is -0.451 e. The summed E-state index contributed by atoms with van der Waals surface area (Å²) < 4.78 is 56.7. The Bertz CT molecular complexity index is 1700. The predicted octanol–water partition coefficient (Wildman–Crippen LogP) is 8.96. The van der Waals surface area contributed by atoms with Gasteiger partial charge in [-0.05, 0) is 36.8 Å². The van der Waals surface area contributed by atoms with Crippen LogP contribution in [0.1, 0.15) is 39.7 Å². The Hall–Kier alpha value is -3.64. The number of aryl methyl sites for hydroxylation is 1. The highest BCUT2D eigenvalue weighted by Crippen LogP contribution is 2.64. The number of rotatable bonds is 6. The van der Waals surface area contributed by atoms with Gasteiger partial charge < -0.3 is 4.52 Å². The lowest BCUT2D eigenvalue weighted by atomic mass is 10.2. The number of para-hydroxylation sites is 1. The van der Waals surface area contributed by atoms with Crippen molar-refractivity contribution in [2.75, 3.05) is 0 Å². The summed E-state index contributed by atoms with van der Waals surface area (Å²) in [6.45, 7) is 8.51. The normalized spacial score (nSPS) is 13.9. The molecule has 202 valence electrons. The Morgan fingerprint density at radius 2 is 1.62 bits per heavy atom. The third-order valence-electron chi connectivity index (χ3n) is 6.53. The Labute approximate surface area is 225 Å². The summed E-state index contributed by atoms with van der Waals surface area (Å²) in [5.41, 5.74) is 1.11. The summed E-state index contributed by atoms with van der Waals surface area (Å²) in [6.07, 6.45) is -2.13. The molecule has 0 bridgehead atoms. The maximum absolute atomic E-state index is 14.2. The average Bonchev–Trinajstić information content (AvgIpc) is 3.26. The van der Waals surface area contributed by atoms with Gasteiger partial charge >= 0.3 is 6.18 Å². The van der Waals surface area contributed by atoms with Crippen LogP contribution in [-0.4, -0.2) is 19.9 Å². The molecule has 3 aromatic carbocycles. The van der Waals surface area contributed by atoms with E-state index < -0.39 is 24.2 Å². The molecule has 0 spiro atoms. The molecular formula is C30H30F3N4OP. The van der Waals surface area contributed by atoms with Crippen LogP contribution >= 0.6 is 7.28 Å². The van der Waals surface area contributed by atoms with Crippen molar-refractivity contribution in [1.82, 2.24) is 14.8 Å². The van der Waals surface area contributed by atoms with Gasteiger partial charge in [-0.15, -0.1) is 0 Å². The molecule has 0 saturated carbocycles. The van der Waals surface area contributed by atoms with Crippen LogP contribution in [0.5, 0.6) is 5.75 Å². The van der Waals surface area contributed by atoms with Crippen LogP contribution in [0.15, 0.2) is 89.8 Å². The molecular weight excluding hydrogens is 520 g/mol. The predicted molar refractivity (Wildman–Crippen MR) is 152 cm³/mol. The zero-order valence-corrected chi connectivity index (χ0v) is 23.2. The first-order valence-corrected chi connectivity index (χ1v) is 14.5. The SMILES string of the molecule is CCCn1nc2ccccc2c1P(=Nc1ccccc1C(F)(F)F)(Oc1cccc2cccnc12)C(C)(C)C. The fourth-order valence-electron chi connectivity index (χ4n) is 4.71. The van der Waals surface area contributed by atoms with Gasteiger partial charge in [0, 0.05) is 28.7 Å². The molecule has 5 rings (SSSR count). The molecule has 9 heteroatoms. The van der Waals surface area contributed by atoms with Gasteiger partial charge in [-0.3, -0.25) is 9.67 Å². The van der Waals surface area contributed by atoms with E-state index >= 15 is 0 Å². The van der Waals surface area contributed by atoms with E-state index in [4.69, 9.17) is 14.4 Å². The van der Waals surface area contributed by atoms with Gasteiger partial charge in [0.2, 0.25) is 0 Å². The topological polar surface area (TPSA) is 52.3 Å². The number of fused-ring (bicyclic) bond motifs is 2. The maximum Gasteiger partial charge on any atom is 0.418 e. The third-order valence-corrected chi connectivity index (χ3v) is 10.4. The van der Waals surface area contributed by atoms with Crippen molar-refractivity contribution in [3.8, 4) is 5.75 Å². The lowest BCUT2D eigenvalue weighted by Gasteiger charge is -2.37. The first-order chi connectivity index (χ1) is 18.5. The average molecular weight is 551 g/mol. The molecule has 2 heterocycles. The Morgan fingerprint density at radius 3 is 2.36 bits per heavy atom. The van der Waals surface area contributed by atoms with E-state index in [1.165, 1.54) is 12.1 Å². The molecule has 0 aliphatic heterocycles. The zero-order valence-electron chi connectivity index (χ0n) is 22.3. The third kappa shape index (κ3) is 4.94. The van der Waals surface area contributed by atoms with Crippen molar-refractivity contribution >= 4 is 40.2 Å². The number of benzene rings is 3. The second-order valence-electron chi connectivity index (χ2n) is 10.3. The number of hydrogen-bond donors (Lipinski definition) is 0. The Morgan fingerprint density at radius 1 is 0.897 bits per heavy atom. The number of aromatic nitrogens is 3. The van der Waals surface area contributed by atoms with Crippen molar-refractivity contribution in [2.45, 2.75) is 52.0 Å². The number of hydrogen-bond acceptors (Lipinski definition) is 4. The van der Waals surface area contributed by atoms with Crippen LogP contribution < -0.4 is 9.96 Å². The van der Waals surface area contributed by atoms with Gasteiger partial charge in [0.15, 0.2) is 13.0 Å². The Kier molecular flexibility index (Phi) is 7.02. The number of nitrogens with zero attached hydrogens (tertiary/aromatic N) is 4. The second-order valence-corrected chi connectivity index (χ2v) is 13.6. The van der Waals surface area contributed by atoms with Gasteiger partial charge in [-0.2, -0.15) is 18.3 Å². The highest BCUT2D eigenvalue weighted by Gasteiger charge is 2.44. The largest absolute Gasteiger partial charge is 0.451 e. The smallest absolute Gasteiger partial charge is 0.418 e. The molecule has 1 unspecified atom stereocenters. The number of halogens is 3. The summed E-state index contributed by atoms with van der Waals surface area (Å²) >= 11 is 0. The van der Waals surface area contributed by atoms with Crippen molar-refractivity contribution in [2.24, 2.45) is 4.74 Å². The van der Waals surface area contributed by atoms with Crippen LogP contribution in [0.2, 0.25) is 0 Å². The van der Waals surface area contributed by atoms with Crippen molar-refractivity contribution in [3.05, 3.63) is 90.6 Å². The minimum atomic E-state index is -4.58. The van der Waals surface area contributed by atoms with Crippen LogP contribution in [0.3, 0.4) is 0 Å². The summed E-state index contributed by atoms with van der Waals surface area (Å²) in [4.78, 5) is 4.56. The van der Waals surface area contributed by atoms with Crippen LogP contribution in [-0.2, 0) is 12.7 Å². The molecule has 0 fully saturated rings. The van der Waals surface area contributed by atoms with Gasteiger partial charge in [-0.25, -0.2) is 4.74 Å². The molecule has 5 aromatic rings. The molecule has 1 atom stereocenters. The van der Waals surface area contributed by atoms with Crippen molar-refractivity contribution < 1.29 is 17.7 Å². The number of pyridine rings is 1. The van der Waals surface area contributed by atoms with Gasteiger partial charge in [-0.1, -0.05) is 76.2 Å². The fraction of sp³-hybridized carbons (Fsp3) is 0.267. The quantitative estimate of drug-likeness (QED) is 0.198. The van der Waals surface area contributed by atoms with E-state index in [1.54, 1.807) is 12.3 Å². The first-order valence-electron chi connectivity index (χ1n) is 12.8. The fourth-order valence-corrected chi connectivity index (χ4v) is 8.03. The van der Waals surface area contributed by atoms with E-state index in [1.807, 2.05) is 87.0 Å². The molecule has 2 aromatic heterocycles. The molecule has 0 radical (unpaired) electrons. The molecule has 0 amide bonds. The van der Waals surface area contributed by atoms with E-state index in [0.29, 0.717) is 23.2 Å². The molecule has 39 heavy (non-hydrogen) atoms. The molecule has 0 aliphatic rings. The van der Waals surface area contributed by atoms with Gasteiger partial charge in [0.05, 0.1) is 16.8 Å².